The third-order valence-electron chi connectivity index (χ3n) is 3.09. The Morgan fingerprint density at radius 3 is 2.33 bits per heavy atom. The zero-order chi connectivity index (χ0) is 12.5. The molecule has 3 rings (SSSR count). The first-order valence-electron chi connectivity index (χ1n) is 5.77. The molecular formula is C15H11NS2. The van der Waals surface area contributed by atoms with Gasteiger partial charge in [-0.1, -0.05) is 66.9 Å². The normalized spacial score (nSPS) is 14.0. The van der Waals surface area contributed by atoms with Crippen molar-refractivity contribution in [3.8, 4) is 0 Å². The van der Waals surface area contributed by atoms with Crippen LogP contribution in [0.5, 0.6) is 0 Å². The molecular weight excluding hydrogens is 258 g/mol. The number of hydrogen-bond donors (Lipinski definition) is 1. The van der Waals surface area contributed by atoms with Crippen molar-refractivity contribution >= 4 is 40.0 Å². The van der Waals surface area contributed by atoms with E-state index in [4.69, 9.17) is 24.4 Å². The van der Waals surface area contributed by atoms with E-state index in [2.05, 4.69) is 11.4 Å². The lowest BCUT2D eigenvalue weighted by Crippen LogP contribution is -2.20. The largest absolute Gasteiger partial charge is 0.346 e. The maximum absolute atomic E-state index is 5.54. The summed E-state index contributed by atoms with van der Waals surface area (Å²) in [6, 6.07) is 16.2. The van der Waals surface area contributed by atoms with Gasteiger partial charge in [0.25, 0.3) is 0 Å². The molecule has 2 aromatic carbocycles. The summed E-state index contributed by atoms with van der Waals surface area (Å²) in [7, 11) is 0. The first kappa shape index (κ1) is 11.5. The van der Waals surface area contributed by atoms with Crippen LogP contribution in [0.1, 0.15) is 16.7 Å². The molecule has 0 saturated carbocycles. The monoisotopic (exact) mass is 269 g/mol. The molecule has 1 aliphatic rings. The van der Waals surface area contributed by atoms with Crippen LogP contribution in [0.3, 0.4) is 0 Å². The van der Waals surface area contributed by atoms with E-state index in [9.17, 15) is 0 Å². The van der Waals surface area contributed by atoms with Gasteiger partial charge in [0.05, 0.1) is 0 Å². The van der Waals surface area contributed by atoms with E-state index in [1.54, 1.807) is 0 Å². The highest BCUT2D eigenvalue weighted by Crippen LogP contribution is 2.24. The summed E-state index contributed by atoms with van der Waals surface area (Å²) < 4.78 is 0. The van der Waals surface area contributed by atoms with Gasteiger partial charge in [-0.05, 0) is 11.6 Å². The van der Waals surface area contributed by atoms with Crippen molar-refractivity contribution in [1.82, 2.24) is 0 Å². The average Bonchev–Trinajstić information content (AvgIpc) is 2.38. The van der Waals surface area contributed by atoms with Gasteiger partial charge in [-0.2, -0.15) is 0 Å². The molecule has 18 heavy (non-hydrogen) atoms. The van der Waals surface area contributed by atoms with E-state index < -0.39 is 0 Å². The van der Waals surface area contributed by atoms with Gasteiger partial charge in [-0.25, -0.2) is 0 Å². The van der Waals surface area contributed by atoms with Crippen molar-refractivity contribution in [2.24, 2.45) is 0 Å². The summed E-state index contributed by atoms with van der Waals surface area (Å²) in [6.07, 6.45) is 0.768. The molecule has 0 saturated heterocycles. The van der Waals surface area contributed by atoms with Crippen molar-refractivity contribution in [1.29, 1.82) is 0 Å². The minimum atomic E-state index is 0.764. The predicted molar refractivity (Wildman–Crippen MR) is 83.6 cm³/mol. The molecule has 0 amide bonds. The zero-order valence-corrected chi connectivity index (χ0v) is 11.3. The van der Waals surface area contributed by atoms with E-state index in [0.717, 1.165) is 33.1 Å². The minimum Gasteiger partial charge on any atom is -0.346 e. The Bertz CT molecular complexity index is 589. The van der Waals surface area contributed by atoms with Crippen LogP contribution in [0.15, 0.2) is 48.5 Å². The lowest BCUT2D eigenvalue weighted by Gasteiger charge is -2.19. The fraction of sp³-hybridized carbons (Fsp3) is 0.0667. The van der Waals surface area contributed by atoms with Crippen molar-refractivity contribution < 1.29 is 0 Å². The number of rotatable bonds is 0. The molecule has 0 fully saturated rings. The van der Waals surface area contributed by atoms with Crippen LogP contribution in [0.2, 0.25) is 0 Å². The molecule has 1 nitrogen and oxygen atoms in total. The highest BCUT2D eigenvalue weighted by Gasteiger charge is 2.16. The maximum atomic E-state index is 5.54. The molecule has 0 spiro atoms. The fourth-order valence-electron chi connectivity index (χ4n) is 2.19. The van der Waals surface area contributed by atoms with Gasteiger partial charge < -0.3 is 5.32 Å². The van der Waals surface area contributed by atoms with Gasteiger partial charge in [0.2, 0.25) is 0 Å². The predicted octanol–water partition coefficient (Wildman–Crippen LogP) is 3.75. The molecule has 0 aliphatic carbocycles. The number of hydrogen-bond acceptors (Lipinski definition) is 2. The van der Waals surface area contributed by atoms with Crippen LogP contribution < -0.4 is 5.32 Å². The summed E-state index contributed by atoms with van der Waals surface area (Å²) >= 11 is 11.0. The average molecular weight is 269 g/mol. The van der Waals surface area contributed by atoms with Gasteiger partial charge in [0.15, 0.2) is 0 Å². The molecule has 1 aliphatic heterocycles. The summed E-state index contributed by atoms with van der Waals surface area (Å²) in [5.41, 5.74) is 4.34. The molecule has 0 atom stereocenters. The van der Waals surface area contributed by atoms with E-state index in [-0.39, 0.29) is 0 Å². The molecule has 1 N–H and O–H groups in total. The Balaban J connectivity index is 2.15. The quantitative estimate of drug-likeness (QED) is 0.732. The Kier molecular flexibility index (Phi) is 2.94. The van der Waals surface area contributed by atoms with Crippen LogP contribution in [0.25, 0.3) is 0 Å². The second kappa shape index (κ2) is 4.59. The van der Waals surface area contributed by atoms with E-state index in [0.29, 0.717) is 0 Å². The van der Waals surface area contributed by atoms with Crippen LogP contribution in [0, 0.1) is 0 Å². The van der Waals surface area contributed by atoms with Crippen molar-refractivity contribution in [2.75, 3.05) is 5.32 Å². The van der Waals surface area contributed by atoms with Crippen LogP contribution in [-0.2, 0) is 6.42 Å². The lowest BCUT2D eigenvalue weighted by atomic mass is 9.96. The Morgan fingerprint density at radius 1 is 0.833 bits per heavy atom. The number of fused-ring (bicyclic) bond motifs is 2. The van der Waals surface area contributed by atoms with Crippen molar-refractivity contribution in [3.05, 3.63) is 65.2 Å². The molecule has 0 unspecified atom stereocenters. The lowest BCUT2D eigenvalue weighted by molar-refractivity contribution is 1.32. The highest BCUT2D eigenvalue weighted by molar-refractivity contribution is 7.81. The van der Waals surface area contributed by atoms with E-state index in [1.165, 1.54) is 5.56 Å². The second-order valence-corrected chi connectivity index (χ2v) is 5.16. The van der Waals surface area contributed by atoms with Crippen LogP contribution in [-0.4, -0.2) is 9.85 Å². The number of benzene rings is 2. The van der Waals surface area contributed by atoms with E-state index >= 15 is 0 Å². The molecule has 3 heteroatoms. The molecule has 88 valence electrons. The standard InChI is InChI=1S/C15H11NS2/c17-14-9-10-5-1-2-6-11(10)15(18)16-13-8-4-3-7-12(13)14/h1-8H,9H2,(H,16,18). The molecule has 0 bridgehead atoms. The maximum Gasteiger partial charge on any atom is 0.111 e. The smallest absolute Gasteiger partial charge is 0.111 e. The van der Waals surface area contributed by atoms with Gasteiger partial charge in [0, 0.05) is 28.1 Å². The summed E-state index contributed by atoms with van der Waals surface area (Å²) in [4.78, 5) is 1.72. The number of thiocarbonyl (C=S) groups is 2. The topological polar surface area (TPSA) is 12.0 Å². The molecule has 0 aromatic heterocycles. The first-order valence-corrected chi connectivity index (χ1v) is 6.59. The van der Waals surface area contributed by atoms with Crippen molar-refractivity contribution in [2.45, 2.75) is 6.42 Å². The Morgan fingerprint density at radius 2 is 1.50 bits per heavy atom. The van der Waals surface area contributed by atoms with Gasteiger partial charge in [-0.15, -0.1) is 0 Å². The highest BCUT2D eigenvalue weighted by atomic mass is 32.1. The third-order valence-corrected chi connectivity index (χ3v) is 3.77. The summed E-state index contributed by atoms with van der Waals surface area (Å²) in [5, 5.41) is 3.29. The SMILES string of the molecule is S=C1Nc2ccccc2C(=S)Cc2ccccc21. The number of anilines is 1. The van der Waals surface area contributed by atoms with E-state index in [1.807, 2.05) is 42.5 Å². The molecule has 0 radical (unpaired) electrons. The Hall–Kier alpha value is -1.58. The zero-order valence-electron chi connectivity index (χ0n) is 9.64. The molecule has 1 heterocycles. The van der Waals surface area contributed by atoms with Crippen LogP contribution >= 0.6 is 24.4 Å². The summed E-state index contributed by atoms with van der Waals surface area (Å²) in [5.74, 6) is 0. The number of nitrogens with one attached hydrogen (secondary N) is 1. The number of para-hydroxylation sites is 1. The van der Waals surface area contributed by atoms with Crippen molar-refractivity contribution in [3.63, 3.8) is 0 Å². The Labute approximate surface area is 117 Å². The van der Waals surface area contributed by atoms with Gasteiger partial charge in [-0.3, -0.25) is 0 Å². The second-order valence-electron chi connectivity index (χ2n) is 4.26. The fourth-order valence-corrected chi connectivity index (χ4v) is 2.83. The van der Waals surface area contributed by atoms with Gasteiger partial charge >= 0.3 is 0 Å². The minimum absolute atomic E-state index is 0.764. The third kappa shape index (κ3) is 1.96. The van der Waals surface area contributed by atoms with Crippen LogP contribution in [0.4, 0.5) is 5.69 Å². The first-order chi connectivity index (χ1) is 8.75. The molecule has 2 aromatic rings. The van der Waals surface area contributed by atoms with Gasteiger partial charge in [0.1, 0.15) is 4.99 Å². The summed E-state index contributed by atoms with van der Waals surface area (Å²) in [6.45, 7) is 0.